The molecule has 0 bridgehead atoms. The van der Waals surface area contributed by atoms with Crippen molar-refractivity contribution in [2.75, 3.05) is 47.5 Å². The van der Waals surface area contributed by atoms with Gasteiger partial charge < -0.3 is 24.0 Å². The van der Waals surface area contributed by atoms with E-state index in [4.69, 9.17) is 18.5 Å². The summed E-state index contributed by atoms with van der Waals surface area (Å²) in [7, 11) is 1.37. The first-order valence-electron chi connectivity index (χ1n) is 20.7. The monoisotopic (exact) mass is 817 g/mol. The van der Waals surface area contributed by atoms with Crippen LogP contribution in [-0.2, 0) is 32.7 Å². The van der Waals surface area contributed by atoms with Gasteiger partial charge in [0.2, 0.25) is 0 Å². The molecule has 0 fully saturated rings. The number of phosphoric ester groups is 1. The van der Waals surface area contributed by atoms with Crippen LogP contribution in [0, 0.1) is 0 Å². The first-order chi connectivity index (χ1) is 27.4. The highest BCUT2D eigenvalue weighted by Crippen LogP contribution is 2.43. The average molecular weight is 817 g/mol. The number of hydrogen-bond acceptors (Lipinski definition) is 8. The molecule has 0 aromatic carbocycles. The summed E-state index contributed by atoms with van der Waals surface area (Å²) in [4.78, 5) is 35.3. The van der Waals surface area contributed by atoms with Crippen LogP contribution >= 0.6 is 7.82 Å². The number of aliphatic hydroxyl groups is 1. The number of nitrogens with zero attached hydrogens (tertiary/aromatic N) is 1. The first kappa shape index (κ1) is 53.6. The summed E-state index contributed by atoms with van der Waals surface area (Å²) >= 11 is 0. The van der Waals surface area contributed by atoms with E-state index in [-0.39, 0.29) is 32.2 Å². The fraction of sp³-hybridized carbons (Fsp3) is 0.565. The van der Waals surface area contributed by atoms with Crippen molar-refractivity contribution in [1.82, 2.24) is 0 Å². The maximum absolute atomic E-state index is 12.6. The second-order valence-corrected chi connectivity index (χ2v) is 15.9. The van der Waals surface area contributed by atoms with Crippen molar-refractivity contribution < 1.29 is 47.2 Å². The van der Waals surface area contributed by atoms with Gasteiger partial charge in [-0.2, -0.15) is 0 Å². The number of unbranched alkanes of at least 4 members (excludes halogenated alkanes) is 3. The fourth-order valence-corrected chi connectivity index (χ4v) is 5.32. The van der Waals surface area contributed by atoms with Crippen molar-refractivity contribution >= 4 is 19.8 Å². The SMILES string of the molecule is CC/C=C\C/C=C\C/C=C\C/C=C\CCCCC(=O)O[C@H](COC(=O)CCC/C=C\C/C=C\C/C=C\C/C=C\C=C\[C@@H](O)CC)COP(=O)(O)OCC[N+](C)(C)C. The summed E-state index contributed by atoms with van der Waals surface area (Å²) in [5, 5.41) is 9.48. The van der Waals surface area contributed by atoms with Crippen molar-refractivity contribution in [2.24, 2.45) is 0 Å². The van der Waals surface area contributed by atoms with E-state index in [0.717, 1.165) is 57.8 Å². The van der Waals surface area contributed by atoms with E-state index in [0.29, 0.717) is 36.7 Å². The lowest BCUT2D eigenvalue weighted by Gasteiger charge is -2.24. The van der Waals surface area contributed by atoms with E-state index in [1.165, 1.54) is 0 Å². The Balaban J connectivity index is 4.60. The van der Waals surface area contributed by atoms with E-state index in [9.17, 15) is 24.2 Å². The molecule has 11 heteroatoms. The molecule has 0 saturated heterocycles. The normalized spacial score (nSPS) is 15.3. The number of esters is 2. The number of quaternary nitrogens is 1. The third kappa shape index (κ3) is 40.6. The summed E-state index contributed by atoms with van der Waals surface area (Å²) in [6, 6.07) is 0. The van der Waals surface area contributed by atoms with Crippen LogP contribution < -0.4 is 0 Å². The topological polar surface area (TPSA) is 129 Å². The van der Waals surface area contributed by atoms with Gasteiger partial charge in [0, 0.05) is 12.8 Å². The maximum Gasteiger partial charge on any atom is 0.472 e. The quantitative estimate of drug-likeness (QED) is 0.0160. The maximum atomic E-state index is 12.6. The molecule has 0 spiro atoms. The molecule has 10 nitrogen and oxygen atoms in total. The molecule has 0 rings (SSSR count). The Morgan fingerprint density at radius 1 is 0.632 bits per heavy atom. The lowest BCUT2D eigenvalue weighted by molar-refractivity contribution is -0.870. The molecule has 3 atom stereocenters. The Kier molecular flexibility index (Phi) is 34.8. The van der Waals surface area contributed by atoms with Crippen molar-refractivity contribution in [2.45, 2.75) is 122 Å². The molecular weight excluding hydrogens is 741 g/mol. The van der Waals surface area contributed by atoms with Gasteiger partial charge >= 0.3 is 19.8 Å². The largest absolute Gasteiger partial charge is 0.472 e. The van der Waals surface area contributed by atoms with Gasteiger partial charge in [-0.1, -0.05) is 123 Å². The number of carbonyl (C=O) groups excluding carboxylic acids is 2. The molecule has 0 aliphatic carbocycles. The molecule has 0 aromatic rings. The van der Waals surface area contributed by atoms with E-state index in [1.54, 1.807) is 6.08 Å². The van der Waals surface area contributed by atoms with E-state index >= 15 is 0 Å². The van der Waals surface area contributed by atoms with E-state index in [2.05, 4.69) is 85.9 Å². The summed E-state index contributed by atoms with van der Waals surface area (Å²) in [6.45, 7) is 3.80. The van der Waals surface area contributed by atoms with E-state index < -0.39 is 32.5 Å². The molecular formula is C46H75NO9P+. The lowest BCUT2D eigenvalue weighted by Crippen LogP contribution is -2.37. The zero-order valence-electron chi connectivity index (χ0n) is 35.6. The number of likely N-dealkylation sites (N-methyl/N-ethyl adjacent to an activating group) is 1. The highest BCUT2D eigenvalue weighted by atomic mass is 31.2. The molecule has 57 heavy (non-hydrogen) atoms. The van der Waals surface area contributed by atoms with Gasteiger partial charge in [-0.3, -0.25) is 18.6 Å². The van der Waals surface area contributed by atoms with Gasteiger partial charge in [-0.25, -0.2) is 4.57 Å². The zero-order valence-corrected chi connectivity index (χ0v) is 36.5. The van der Waals surface area contributed by atoms with Crippen molar-refractivity contribution in [1.29, 1.82) is 0 Å². The molecule has 1 unspecified atom stereocenters. The number of allylic oxidation sites excluding steroid dienone is 17. The lowest BCUT2D eigenvalue weighted by atomic mass is 10.2. The van der Waals surface area contributed by atoms with Gasteiger partial charge in [0.1, 0.15) is 19.8 Å². The van der Waals surface area contributed by atoms with Crippen LogP contribution in [0.1, 0.15) is 110 Å². The number of rotatable bonds is 35. The molecule has 0 amide bonds. The summed E-state index contributed by atoms with van der Waals surface area (Å²) in [6.07, 6.45) is 46.7. The Hall–Kier alpha value is -3.37. The molecule has 0 radical (unpaired) electrons. The van der Waals surface area contributed by atoms with Crippen LogP contribution in [0.5, 0.6) is 0 Å². The zero-order chi connectivity index (χ0) is 42.3. The van der Waals surface area contributed by atoms with Crippen LogP contribution in [0.3, 0.4) is 0 Å². The van der Waals surface area contributed by atoms with Gasteiger partial charge in [0.15, 0.2) is 6.10 Å². The third-order valence-corrected chi connectivity index (χ3v) is 8.94. The first-order valence-corrected chi connectivity index (χ1v) is 22.2. The number of carbonyl (C=O) groups is 2. The standard InChI is InChI=1S/C46H74NO9P/c1-6-8-9-10-11-12-13-14-15-20-23-26-29-32-35-38-46(50)56-44(42-55-57(51,52)54-40-39-47(3,4)5)41-53-45(49)37-34-31-28-25-22-19-17-16-18-21-24-27-30-33-36-43(48)7-2/h8-9,11-12,14-15,17-19,21,23,25-28,30,33,36,43-44,48H,6-7,10,13,16,20,22,24,29,31-32,34-35,37-42H2,1-5H3/p+1/b9-8-,12-11-,15-14-,19-17-,21-18-,26-23-,28-25-,30-27-,36-33+/t43-,44+/m0/s1. The van der Waals surface area contributed by atoms with Gasteiger partial charge in [0.05, 0.1) is 33.9 Å². The van der Waals surface area contributed by atoms with E-state index in [1.807, 2.05) is 52.4 Å². The predicted octanol–water partition coefficient (Wildman–Crippen LogP) is 10.5. The molecule has 0 aromatic heterocycles. The number of ether oxygens (including phenoxy) is 2. The van der Waals surface area contributed by atoms with Gasteiger partial charge in [-0.15, -0.1) is 0 Å². The predicted molar refractivity (Wildman–Crippen MR) is 234 cm³/mol. The minimum Gasteiger partial charge on any atom is -0.462 e. The molecule has 2 N–H and O–H groups in total. The summed E-state index contributed by atoms with van der Waals surface area (Å²) in [5.41, 5.74) is 0. The smallest absolute Gasteiger partial charge is 0.462 e. The van der Waals surface area contributed by atoms with Crippen molar-refractivity contribution in [3.05, 3.63) is 109 Å². The Morgan fingerprint density at radius 3 is 1.68 bits per heavy atom. The molecule has 0 aliphatic heterocycles. The minimum atomic E-state index is -4.41. The Bertz CT molecular complexity index is 1350. The number of hydrogen-bond donors (Lipinski definition) is 2. The Labute approximate surface area is 345 Å². The van der Waals surface area contributed by atoms with Crippen LogP contribution in [-0.4, -0.2) is 86.1 Å². The molecule has 0 aliphatic rings. The van der Waals surface area contributed by atoms with Crippen LogP contribution in [0.2, 0.25) is 0 Å². The number of phosphoric acid groups is 1. The highest BCUT2D eigenvalue weighted by Gasteiger charge is 2.27. The molecule has 0 heterocycles. The van der Waals surface area contributed by atoms with Gasteiger partial charge in [0.25, 0.3) is 0 Å². The van der Waals surface area contributed by atoms with Gasteiger partial charge in [-0.05, 0) is 83.5 Å². The number of aliphatic hydroxyl groups excluding tert-OH is 1. The third-order valence-electron chi connectivity index (χ3n) is 7.96. The summed E-state index contributed by atoms with van der Waals surface area (Å²) in [5.74, 6) is -0.950. The fourth-order valence-electron chi connectivity index (χ4n) is 4.58. The van der Waals surface area contributed by atoms with Crippen LogP contribution in [0.4, 0.5) is 0 Å². The summed E-state index contributed by atoms with van der Waals surface area (Å²) < 4.78 is 34.1. The van der Waals surface area contributed by atoms with Crippen LogP contribution in [0.25, 0.3) is 0 Å². The molecule has 0 saturated carbocycles. The van der Waals surface area contributed by atoms with Crippen molar-refractivity contribution in [3.8, 4) is 0 Å². The molecule has 322 valence electrons. The second kappa shape index (κ2) is 36.9. The minimum absolute atomic E-state index is 0.00177. The highest BCUT2D eigenvalue weighted by molar-refractivity contribution is 7.47. The average Bonchev–Trinajstić information content (AvgIpc) is 3.16. The van der Waals surface area contributed by atoms with Crippen molar-refractivity contribution in [3.63, 3.8) is 0 Å². The van der Waals surface area contributed by atoms with Crippen LogP contribution in [0.15, 0.2) is 109 Å². The Morgan fingerprint density at radius 2 is 1.14 bits per heavy atom. The second-order valence-electron chi connectivity index (χ2n) is 14.5.